The van der Waals surface area contributed by atoms with E-state index in [9.17, 15) is 4.79 Å². The zero-order chi connectivity index (χ0) is 16.9. The Morgan fingerprint density at radius 2 is 1.75 bits per heavy atom. The molecule has 2 aliphatic rings. The highest BCUT2D eigenvalue weighted by atomic mass is 16.5. The molecule has 6 nitrogen and oxygen atoms in total. The second kappa shape index (κ2) is 7.96. The average molecular weight is 333 g/mol. The van der Waals surface area contributed by atoms with E-state index < -0.39 is 0 Å². The Balaban J connectivity index is 1.50. The van der Waals surface area contributed by atoms with Gasteiger partial charge in [0.15, 0.2) is 0 Å². The van der Waals surface area contributed by atoms with Crippen molar-refractivity contribution in [1.29, 1.82) is 0 Å². The number of nitrogens with one attached hydrogen (secondary N) is 1. The maximum atomic E-state index is 12.3. The number of carbonyl (C=O) groups excluding carboxylic acids is 1. The fourth-order valence-corrected chi connectivity index (χ4v) is 3.39. The van der Waals surface area contributed by atoms with Gasteiger partial charge in [0.2, 0.25) is 5.91 Å². The summed E-state index contributed by atoms with van der Waals surface area (Å²) >= 11 is 0. The van der Waals surface area contributed by atoms with Crippen LogP contribution < -0.4 is 10.2 Å². The van der Waals surface area contributed by atoms with E-state index in [0.29, 0.717) is 6.54 Å². The molecule has 0 aromatic heterocycles. The van der Waals surface area contributed by atoms with Crippen LogP contribution in [0, 0.1) is 0 Å². The third-order valence-electron chi connectivity index (χ3n) is 4.39. The molecule has 1 aromatic rings. The number of nitrogens with zero attached hydrogens (tertiary/aromatic N) is 2. The summed E-state index contributed by atoms with van der Waals surface area (Å²) in [4.78, 5) is 16.7. The third-order valence-corrected chi connectivity index (χ3v) is 4.39. The molecule has 0 radical (unpaired) electrons. The number of morpholine rings is 2. The van der Waals surface area contributed by atoms with Crippen molar-refractivity contribution in [1.82, 2.24) is 4.90 Å². The predicted molar refractivity (Wildman–Crippen MR) is 94.6 cm³/mol. The molecule has 0 bridgehead atoms. The zero-order valence-corrected chi connectivity index (χ0v) is 14.5. The number of rotatable bonds is 4. The van der Waals surface area contributed by atoms with Gasteiger partial charge in [-0.1, -0.05) is 0 Å². The van der Waals surface area contributed by atoms with Crippen LogP contribution in [0.15, 0.2) is 24.3 Å². The van der Waals surface area contributed by atoms with Crippen molar-refractivity contribution in [3.05, 3.63) is 24.3 Å². The van der Waals surface area contributed by atoms with Crippen molar-refractivity contribution in [3.8, 4) is 0 Å². The lowest BCUT2D eigenvalue weighted by atomic mass is 10.2. The van der Waals surface area contributed by atoms with Crippen LogP contribution in [0.1, 0.15) is 13.8 Å². The van der Waals surface area contributed by atoms with Crippen molar-refractivity contribution in [2.24, 2.45) is 0 Å². The summed E-state index contributed by atoms with van der Waals surface area (Å²) in [6.07, 6.45) is 0.351. The molecule has 0 unspecified atom stereocenters. The molecule has 1 N–H and O–H groups in total. The number of carbonyl (C=O) groups is 1. The molecule has 0 saturated carbocycles. The van der Waals surface area contributed by atoms with Crippen LogP contribution in [-0.4, -0.2) is 69.0 Å². The van der Waals surface area contributed by atoms with Gasteiger partial charge in [-0.25, -0.2) is 0 Å². The minimum Gasteiger partial charge on any atom is -0.378 e. The normalized spacial score (nSPS) is 25.5. The van der Waals surface area contributed by atoms with Crippen LogP contribution in [0.4, 0.5) is 11.4 Å². The minimum absolute atomic E-state index is 0.0235. The number of hydrogen-bond donors (Lipinski definition) is 1. The molecule has 132 valence electrons. The second-order valence-corrected chi connectivity index (χ2v) is 6.65. The maximum absolute atomic E-state index is 12.3. The van der Waals surface area contributed by atoms with E-state index in [1.807, 2.05) is 26.0 Å². The highest BCUT2D eigenvalue weighted by Crippen LogP contribution is 2.19. The first-order chi connectivity index (χ1) is 11.6. The van der Waals surface area contributed by atoms with Crippen LogP contribution >= 0.6 is 0 Å². The summed E-state index contributed by atoms with van der Waals surface area (Å²) in [5, 5.41) is 2.98. The molecule has 24 heavy (non-hydrogen) atoms. The van der Waals surface area contributed by atoms with Gasteiger partial charge in [-0.15, -0.1) is 0 Å². The molecular formula is C18H27N3O3. The topological polar surface area (TPSA) is 54.0 Å². The van der Waals surface area contributed by atoms with Crippen molar-refractivity contribution < 1.29 is 14.3 Å². The van der Waals surface area contributed by atoms with Crippen LogP contribution in [0.2, 0.25) is 0 Å². The molecule has 1 amide bonds. The number of hydrogen-bond acceptors (Lipinski definition) is 5. The van der Waals surface area contributed by atoms with E-state index >= 15 is 0 Å². The average Bonchev–Trinajstić information content (AvgIpc) is 2.55. The van der Waals surface area contributed by atoms with E-state index in [2.05, 4.69) is 27.2 Å². The van der Waals surface area contributed by atoms with Gasteiger partial charge >= 0.3 is 0 Å². The maximum Gasteiger partial charge on any atom is 0.238 e. The summed E-state index contributed by atoms with van der Waals surface area (Å²) in [5.74, 6) is 0.0235. The van der Waals surface area contributed by atoms with E-state index in [4.69, 9.17) is 9.47 Å². The molecule has 3 rings (SSSR count). The highest BCUT2D eigenvalue weighted by molar-refractivity contribution is 5.92. The molecule has 0 spiro atoms. The molecule has 2 fully saturated rings. The van der Waals surface area contributed by atoms with Gasteiger partial charge in [-0.2, -0.15) is 0 Å². The highest BCUT2D eigenvalue weighted by Gasteiger charge is 2.23. The molecule has 6 heteroatoms. The molecule has 2 saturated heterocycles. The van der Waals surface area contributed by atoms with Crippen LogP contribution in [0.3, 0.4) is 0 Å². The predicted octanol–water partition coefficient (Wildman–Crippen LogP) is 1.57. The monoisotopic (exact) mass is 333 g/mol. The fraction of sp³-hybridized carbons (Fsp3) is 0.611. The van der Waals surface area contributed by atoms with Crippen molar-refractivity contribution in [3.63, 3.8) is 0 Å². The first-order valence-electron chi connectivity index (χ1n) is 8.70. The molecule has 2 heterocycles. The molecule has 2 atom stereocenters. The Morgan fingerprint density at radius 1 is 1.12 bits per heavy atom. The molecular weight excluding hydrogens is 306 g/mol. The lowest BCUT2D eigenvalue weighted by Gasteiger charge is -2.34. The standard InChI is InChI=1S/C18H27N3O3/c1-14-11-20(12-15(2)24-14)13-18(22)19-16-3-5-17(6-4-16)21-7-9-23-10-8-21/h3-6,14-15H,7-13H2,1-2H3,(H,19,22)/t14-,15-/m1/s1. The van der Waals surface area contributed by atoms with E-state index in [1.165, 1.54) is 5.69 Å². The van der Waals surface area contributed by atoms with Crippen LogP contribution in [-0.2, 0) is 14.3 Å². The molecule has 2 aliphatic heterocycles. The Bertz CT molecular complexity index is 533. The Morgan fingerprint density at radius 3 is 2.38 bits per heavy atom. The van der Waals surface area contributed by atoms with Gasteiger partial charge < -0.3 is 19.7 Å². The third kappa shape index (κ3) is 4.69. The Kier molecular flexibility index (Phi) is 5.71. The van der Waals surface area contributed by atoms with Crippen molar-refractivity contribution in [2.75, 3.05) is 56.2 Å². The number of benzene rings is 1. The van der Waals surface area contributed by atoms with E-state index in [0.717, 1.165) is 45.1 Å². The largest absolute Gasteiger partial charge is 0.378 e. The summed E-state index contributed by atoms with van der Waals surface area (Å²) < 4.78 is 11.1. The number of amides is 1. The lowest BCUT2D eigenvalue weighted by Crippen LogP contribution is -2.48. The SMILES string of the molecule is C[C@@H]1CN(CC(=O)Nc2ccc(N3CCOCC3)cc2)C[C@@H](C)O1. The van der Waals surface area contributed by atoms with E-state index in [1.54, 1.807) is 0 Å². The van der Waals surface area contributed by atoms with Crippen molar-refractivity contribution >= 4 is 17.3 Å². The number of ether oxygens (including phenoxy) is 2. The second-order valence-electron chi connectivity index (χ2n) is 6.65. The van der Waals surface area contributed by atoms with Crippen LogP contribution in [0.25, 0.3) is 0 Å². The molecule has 1 aromatic carbocycles. The van der Waals surface area contributed by atoms with Gasteiger partial charge in [0.05, 0.1) is 32.0 Å². The lowest BCUT2D eigenvalue weighted by molar-refractivity contribution is -0.121. The number of anilines is 2. The van der Waals surface area contributed by atoms with Crippen LogP contribution in [0.5, 0.6) is 0 Å². The van der Waals surface area contributed by atoms with Crippen molar-refractivity contribution in [2.45, 2.75) is 26.1 Å². The summed E-state index contributed by atoms with van der Waals surface area (Å²) in [5.41, 5.74) is 2.01. The molecule has 0 aliphatic carbocycles. The minimum atomic E-state index is 0.0235. The first-order valence-corrected chi connectivity index (χ1v) is 8.70. The van der Waals surface area contributed by atoms with Gasteiger partial charge in [0, 0.05) is 37.6 Å². The summed E-state index contributed by atoms with van der Waals surface area (Å²) in [6, 6.07) is 8.04. The fourth-order valence-electron chi connectivity index (χ4n) is 3.39. The van der Waals surface area contributed by atoms with Gasteiger partial charge in [-0.05, 0) is 38.1 Å². The summed E-state index contributed by atoms with van der Waals surface area (Å²) in [6.45, 7) is 9.47. The Labute approximate surface area is 143 Å². The van der Waals surface area contributed by atoms with Gasteiger partial charge in [0.25, 0.3) is 0 Å². The van der Waals surface area contributed by atoms with Gasteiger partial charge in [0.1, 0.15) is 0 Å². The quantitative estimate of drug-likeness (QED) is 0.906. The zero-order valence-electron chi connectivity index (χ0n) is 14.5. The first kappa shape index (κ1) is 17.2. The summed E-state index contributed by atoms with van der Waals surface area (Å²) in [7, 11) is 0. The Hall–Kier alpha value is -1.63. The van der Waals surface area contributed by atoms with Gasteiger partial charge in [-0.3, -0.25) is 9.69 Å². The smallest absolute Gasteiger partial charge is 0.238 e. The van der Waals surface area contributed by atoms with E-state index in [-0.39, 0.29) is 18.1 Å².